The minimum Gasteiger partial charge on any atom is -0.467 e. The number of halogens is 1. The van der Waals surface area contributed by atoms with E-state index in [9.17, 15) is 9.59 Å². The topological polar surface area (TPSA) is 73.9 Å². The van der Waals surface area contributed by atoms with Gasteiger partial charge in [-0.15, -0.1) is 0 Å². The lowest BCUT2D eigenvalue weighted by atomic mass is 10.1. The van der Waals surface area contributed by atoms with Gasteiger partial charge in [0.15, 0.2) is 0 Å². The van der Waals surface area contributed by atoms with Crippen LogP contribution in [0.5, 0.6) is 11.5 Å². The molecule has 1 amide bonds. The molecule has 7 heteroatoms. The quantitative estimate of drug-likeness (QED) is 0.637. The molecule has 0 spiro atoms. The third-order valence-electron chi connectivity index (χ3n) is 3.56. The predicted octanol–water partition coefficient (Wildman–Crippen LogP) is 4.85. The first-order valence-corrected chi connectivity index (χ1v) is 9.55. The fraction of sp³-hybridized carbons (Fsp3) is 0.333. The van der Waals surface area contributed by atoms with Crippen molar-refractivity contribution in [3.8, 4) is 11.5 Å². The van der Waals surface area contributed by atoms with Gasteiger partial charge in [0.2, 0.25) is 0 Å². The summed E-state index contributed by atoms with van der Waals surface area (Å²) in [5.74, 6) is 0.766. The Morgan fingerprint density at radius 3 is 2.36 bits per heavy atom. The van der Waals surface area contributed by atoms with Gasteiger partial charge in [0, 0.05) is 10.9 Å². The fourth-order valence-electron chi connectivity index (χ4n) is 2.40. The van der Waals surface area contributed by atoms with Crippen molar-refractivity contribution in [2.45, 2.75) is 38.8 Å². The molecular weight excluding hydrogens is 426 g/mol. The number of nitrogens with one attached hydrogen (secondary N) is 1. The number of amides is 1. The zero-order valence-corrected chi connectivity index (χ0v) is 17.9. The average Bonchev–Trinajstić information content (AvgIpc) is 2.61. The summed E-state index contributed by atoms with van der Waals surface area (Å²) in [6.07, 6.45) is -0.436. The summed E-state index contributed by atoms with van der Waals surface area (Å²) in [6, 6.07) is 13.9. The molecule has 0 aliphatic carbocycles. The van der Waals surface area contributed by atoms with Gasteiger partial charge in [0.25, 0.3) is 0 Å². The number of benzene rings is 2. The van der Waals surface area contributed by atoms with Gasteiger partial charge in [-0.2, -0.15) is 0 Å². The van der Waals surface area contributed by atoms with E-state index in [0.717, 1.165) is 10.0 Å². The Balaban J connectivity index is 2.10. The van der Waals surface area contributed by atoms with Crippen LogP contribution in [0.3, 0.4) is 0 Å². The number of esters is 1. The second-order valence-electron chi connectivity index (χ2n) is 7.13. The number of hydrogen-bond acceptors (Lipinski definition) is 5. The van der Waals surface area contributed by atoms with Crippen LogP contribution < -0.4 is 10.1 Å². The molecule has 2 rings (SSSR count). The molecule has 0 aromatic heterocycles. The standard InChI is InChI=1S/C21H24BrNO5/c1-21(2,3)28-20(25)23-18(19(24)26-4)13-14-6-5-7-17(12-14)27-16-10-8-15(22)9-11-16/h5-12,18H,13H2,1-4H3,(H,23,25)/t18-/m0/s1. The van der Waals surface area contributed by atoms with E-state index in [1.807, 2.05) is 48.5 Å². The molecule has 0 radical (unpaired) electrons. The van der Waals surface area contributed by atoms with E-state index in [1.165, 1.54) is 7.11 Å². The molecule has 2 aromatic carbocycles. The molecule has 150 valence electrons. The van der Waals surface area contributed by atoms with Crippen LogP contribution in [0.2, 0.25) is 0 Å². The Morgan fingerprint density at radius 2 is 1.75 bits per heavy atom. The van der Waals surface area contributed by atoms with E-state index in [-0.39, 0.29) is 6.42 Å². The molecule has 0 aliphatic heterocycles. The van der Waals surface area contributed by atoms with Crippen LogP contribution in [0.25, 0.3) is 0 Å². The molecule has 0 saturated heterocycles. The predicted molar refractivity (Wildman–Crippen MR) is 110 cm³/mol. The molecular formula is C21H24BrNO5. The molecule has 0 bridgehead atoms. The van der Waals surface area contributed by atoms with Crippen LogP contribution >= 0.6 is 15.9 Å². The van der Waals surface area contributed by atoms with E-state index in [2.05, 4.69) is 21.2 Å². The Labute approximate surface area is 173 Å². The van der Waals surface area contributed by atoms with Gasteiger partial charge in [-0.05, 0) is 62.7 Å². The monoisotopic (exact) mass is 449 g/mol. The summed E-state index contributed by atoms with van der Waals surface area (Å²) in [6.45, 7) is 5.26. The average molecular weight is 450 g/mol. The SMILES string of the molecule is COC(=O)[C@H](Cc1cccc(Oc2ccc(Br)cc2)c1)NC(=O)OC(C)(C)C. The molecule has 0 fully saturated rings. The molecule has 2 aromatic rings. The number of carbonyl (C=O) groups is 2. The maximum Gasteiger partial charge on any atom is 0.408 e. The second kappa shape index (κ2) is 9.59. The number of methoxy groups -OCH3 is 1. The van der Waals surface area contributed by atoms with Crippen LogP contribution in [-0.2, 0) is 20.7 Å². The highest BCUT2D eigenvalue weighted by Gasteiger charge is 2.25. The third-order valence-corrected chi connectivity index (χ3v) is 4.09. The first-order valence-electron chi connectivity index (χ1n) is 8.76. The van der Waals surface area contributed by atoms with Gasteiger partial charge in [-0.25, -0.2) is 9.59 Å². The van der Waals surface area contributed by atoms with Crippen molar-refractivity contribution in [3.63, 3.8) is 0 Å². The van der Waals surface area contributed by atoms with Crippen molar-refractivity contribution < 1.29 is 23.8 Å². The van der Waals surface area contributed by atoms with Gasteiger partial charge < -0.3 is 19.5 Å². The molecule has 6 nitrogen and oxygen atoms in total. The molecule has 0 aliphatic rings. The minimum absolute atomic E-state index is 0.240. The van der Waals surface area contributed by atoms with Gasteiger partial charge in [0.1, 0.15) is 23.1 Å². The maximum absolute atomic E-state index is 12.1. The summed E-state index contributed by atoms with van der Waals surface area (Å²) in [7, 11) is 1.28. The number of carbonyl (C=O) groups excluding carboxylic acids is 2. The lowest BCUT2D eigenvalue weighted by molar-refractivity contribution is -0.143. The molecule has 0 heterocycles. The smallest absolute Gasteiger partial charge is 0.408 e. The van der Waals surface area contributed by atoms with E-state index in [1.54, 1.807) is 20.8 Å². The molecule has 28 heavy (non-hydrogen) atoms. The van der Waals surface area contributed by atoms with Crippen molar-refractivity contribution >= 4 is 28.0 Å². The Morgan fingerprint density at radius 1 is 1.07 bits per heavy atom. The van der Waals surface area contributed by atoms with E-state index in [0.29, 0.717) is 11.5 Å². The summed E-state index contributed by atoms with van der Waals surface area (Å²) < 4.78 is 16.8. The number of ether oxygens (including phenoxy) is 3. The molecule has 0 unspecified atom stereocenters. The van der Waals surface area contributed by atoms with Crippen molar-refractivity contribution in [1.82, 2.24) is 5.32 Å². The highest BCUT2D eigenvalue weighted by molar-refractivity contribution is 9.10. The van der Waals surface area contributed by atoms with Gasteiger partial charge >= 0.3 is 12.1 Å². The lowest BCUT2D eigenvalue weighted by Gasteiger charge is -2.22. The van der Waals surface area contributed by atoms with Crippen LogP contribution in [0.15, 0.2) is 53.0 Å². The summed E-state index contributed by atoms with van der Waals surface area (Å²) in [5.41, 5.74) is 0.143. The van der Waals surface area contributed by atoms with Gasteiger partial charge in [-0.3, -0.25) is 0 Å². The van der Waals surface area contributed by atoms with Crippen LogP contribution in [0, 0.1) is 0 Å². The largest absolute Gasteiger partial charge is 0.467 e. The van der Waals surface area contributed by atoms with E-state index < -0.39 is 23.7 Å². The number of alkyl carbamates (subject to hydrolysis) is 1. The Kier molecular flexibility index (Phi) is 7.45. The van der Waals surface area contributed by atoms with E-state index in [4.69, 9.17) is 14.2 Å². The van der Waals surface area contributed by atoms with Crippen molar-refractivity contribution in [2.24, 2.45) is 0 Å². The van der Waals surface area contributed by atoms with E-state index >= 15 is 0 Å². The Bertz CT molecular complexity index is 814. The van der Waals surface area contributed by atoms with Crippen LogP contribution in [-0.4, -0.2) is 30.8 Å². The van der Waals surface area contributed by atoms with Crippen LogP contribution in [0.1, 0.15) is 26.3 Å². The summed E-state index contributed by atoms with van der Waals surface area (Å²) in [5, 5.41) is 2.57. The highest BCUT2D eigenvalue weighted by Crippen LogP contribution is 2.24. The normalized spacial score (nSPS) is 12.0. The molecule has 0 saturated carbocycles. The molecule has 1 atom stereocenters. The zero-order chi connectivity index (χ0) is 20.7. The number of rotatable bonds is 6. The zero-order valence-electron chi connectivity index (χ0n) is 16.3. The first-order chi connectivity index (χ1) is 13.2. The van der Waals surface area contributed by atoms with Crippen molar-refractivity contribution in [3.05, 3.63) is 58.6 Å². The summed E-state index contributed by atoms with van der Waals surface area (Å²) >= 11 is 3.38. The first kappa shape index (κ1) is 21.8. The lowest BCUT2D eigenvalue weighted by Crippen LogP contribution is -2.45. The van der Waals surface area contributed by atoms with Crippen molar-refractivity contribution in [2.75, 3.05) is 7.11 Å². The Hall–Kier alpha value is -2.54. The minimum atomic E-state index is -0.872. The summed E-state index contributed by atoms with van der Waals surface area (Å²) in [4.78, 5) is 24.1. The van der Waals surface area contributed by atoms with Gasteiger partial charge in [-0.1, -0.05) is 28.1 Å². The van der Waals surface area contributed by atoms with Crippen molar-refractivity contribution in [1.29, 1.82) is 0 Å². The fourth-order valence-corrected chi connectivity index (χ4v) is 2.66. The molecule has 1 N–H and O–H groups in total. The van der Waals surface area contributed by atoms with Crippen LogP contribution in [0.4, 0.5) is 4.79 Å². The third kappa shape index (κ3) is 7.23. The number of hydrogen-bond donors (Lipinski definition) is 1. The second-order valence-corrected chi connectivity index (χ2v) is 8.05. The van der Waals surface area contributed by atoms with Gasteiger partial charge in [0.05, 0.1) is 7.11 Å². The highest BCUT2D eigenvalue weighted by atomic mass is 79.9. The maximum atomic E-state index is 12.1.